The summed E-state index contributed by atoms with van der Waals surface area (Å²) in [6, 6.07) is 3.92. The smallest absolute Gasteiger partial charge is 0.240 e. The third-order valence-electron chi connectivity index (χ3n) is 2.50. The maximum absolute atomic E-state index is 5.92. The number of nitrogens with two attached hydrogens (primary N) is 1. The van der Waals surface area contributed by atoms with Crippen LogP contribution in [0.3, 0.4) is 0 Å². The van der Waals surface area contributed by atoms with Gasteiger partial charge in [-0.1, -0.05) is 16.8 Å². The van der Waals surface area contributed by atoms with Gasteiger partial charge < -0.3 is 10.3 Å². The summed E-state index contributed by atoms with van der Waals surface area (Å²) in [5.74, 6) is 1.09. The third-order valence-corrected chi connectivity index (χ3v) is 3.72. The molecular weight excluding hydrogens is 319 g/mol. The molecule has 0 aromatic carbocycles. The van der Waals surface area contributed by atoms with Crippen molar-refractivity contribution < 1.29 is 4.52 Å². The zero-order chi connectivity index (χ0) is 14.0. The Bertz CT molecular complexity index is 550. The van der Waals surface area contributed by atoms with Gasteiger partial charge in [0.2, 0.25) is 5.89 Å². The fraction of sp³-hybridized carbons (Fsp3) is 0.500. The Morgan fingerprint density at radius 2 is 2.10 bits per heavy atom. The van der Waals surface area contributed by atoms with Gasteiger partial charge in [0, 0.05) is 11.4 Å². The lowest BCUT2D eigenvalue weighted by molar-refractivity contribution is 0.261. The first-order valence-electron chi connectivity index (χ1n) is 5.89. The summed E-state index contributed by atoms with van der Waals surface area (Å²) in [6.07, 6.45) is 0. The average Bonchev–Trinajstić information content (AvgIpc) is 2.87. The van der Waals surface area contributed by atoms with E-state index >= 15 is 0 Å². The molecule has 2 N–H and O–H groups in total. The number of thiophene rings is 1. The van der Waals surface area contributed by atoms with Gasteiger partial charge in [0.1, 0.15) is 0 Å². The molecule has 0 amide bonds. The molecule has 0 spiro atoms. The Morgan fingerprint density at radius 3 is 2.60 bits per heavy atom. The van der Waals surface area contributed by atoms with Crippen LogP contribution in [0.2, 0.25) is 4.34 Å². The minimum Gasteiger partial charge on any atom is -0.338 e. The molecule has 2 aromatic heterocycles. The van der Waals surface area contributed by atoms with Gasteiger partial charge in [0.15, 0.2) is 5.82 Å². The summed E-state index contributed by atoms with van der Waals surface area (Å²) in [6.45, 7) is 5.07. The van der Waals surface area contributed by atoms with Crippen molar-refractivity contribution in [1.29, 1.82) is 0 Å². The molecule has 0 saturated carbocycles. The highest BCUT2D eigenvalue weighted by Crippen LogP contribution is 2.22. The molecule has 8 heteroatoms. The van der Waals surface area contributed by atoms with E-state index in [2.05, 4.69) is 15.0 Å². The molecule has 0 fully saturated rings. The van der Waals surface area contributed by atoms with E-state index in [4.69, 9.17) is 21.9 Å². The topological polar surface area (TPSA) is 68.2 Å². The second kappa shape index (κ2) is 6.87. The second-order valence-electron chi connectivity index (χ2n) is 5.11. The average molecular weight is 337 g/mol. The molecule has 2 rings (SSSR count). The van der Waals surface area contributed by atoms with E-state index in [-0.39, 0.29) is 12.4 Å². The highest BCUT2D eigenvalue weighted by atomic mass is 35.5. The minimum atomic E-state index is -0.582. The fourth-order valence-corrected chi connectivity index (χ4v) is 2.74. The van der Waals surface area contributed by atoms with Gasteiger partial charge in [0.25, 0.3) is 0 Å². The third kappa shape index (κ3) is 4.71. The van der Waals surface area contributed by atoms with Crippen LogP contribution in [0.1, 0.15) is 30.4 Å². The number of nitrogens with zero attached hydrogens (tertiary/aromatic N) is 3. The van der Waals surface area contributed by atoms with E-state index in [1.807, 2.05) is 33.0 Å². The van der Waals surface area contributed by atoms with Crippen molar-refractivity contribution >= 4 is 35.3 Å². The molecular formula is C12H18Cl2N4OS. The number of hydrogen-bond donors (Lipinski definition) is 1. The monoisotopic (exact) mass is 336 g/mol. The SMILES string of the molecule is CN(Cc1nc(C(C)(C)N)no1)Cc1ccc(Cl)s1.Cl. The van der Waals surface area contributed by atoms with E-state index in [9.17, 15) is 0 Å². The van der Waals surface area contributed by atoms with Crippen LogP contribution in [-0.2, 0) is 18.6 Å². The molecule has 0 radical (unpaired) electrons. The van der Waals surface area contributed by atoms with Crippen LogP contribution in [0, 0.1) is 0 Å². The van der Waals surface area contributed by atoms with E-state index in [0.29, 0.717) is 18.3 Å². The Balaban J connectivity index is 0.00000200. The van der Waals surface area contributed by atoms with Gasteiger partial charge in [-0.2, -0.15) is 4.98 Å². The molecule has 0 bridgehead atoms. The van der Waals surface area contributed by atoms with Crippen LogP contribution in [0.5, 0.6) is 0 Å². The normalized spacial score (nSPS) is 11.7. The lowest BCUT2D eigenvalue weighted by Gasteiger charge is -2.13. The summed E-state index contributed by atoms with van der Waals surface area (Å²) in [5, 5.41) is 3.90. The Hall–Kier alpha value is -0.660. The molecule has 0 saturated heterocycles. The molecule has 0 unspecified atom stereocenters. The molecule has 0 atom stereocenters. The maximum Gasteiger partial charge on any atom is 0.240 e. The fourth-order valence-electron chi connectivity index (χ4n) is 1.57. The van der Waals surface area contributed by atoms with Crippen LogP contribution in [-0.4, -0.2) is 22.1 Å². The molecule has 20 heavy (non-hydrogen) atoms. The van der Waals surface area contributed by atoms with E-state index in [0.717, 1.165) is 10.9 Å². The molecule has 0 aliphatic carbocycles. The van der Waals surface area contributed by atoms with Crippen molar-refractivity contribution in [2.45, 2.75) is 32.5 Å². The van der Waals surface area contributed by atoms with Crippen LogP contribution < -0.4 is 5.73 Å². The van der Waals surface area contributed by atoms with Crippen LogP contribution in [0.25, 0.3) is 0 Å². The molecule has 0 aliphatic heterocycles. The predicted octanol–water partition coefficient (Wildman–Crippen LogP) is 3.03. The van der Waals surface area contributed by atoms with Crippen LogP contribution in [0.15, 0.2) is 16.7 Å². The highest BCUT2D eigenvalue weighted by Gasteiger charge is 2.21. The summed E-state index contributed by atoms with van der Waals surface area (Å²) in [7, 11) is 1.99. The van der Waals surface area contributed by atoms with E-state index < -0.39 is 5.54 Å². The van der Waals surface area contributed by atoms with Gasteiger partial charge in [0.05, 0.1) is 16.4 Å². The first-order valence-corrected chi connectivity index (χ1v) is 7.09. The van der Waals surface area contributed by atoms with Crippen molar-refractivity contribution in [1.82, 2.24) is 15.0 Å². The van der Waals surface area contributed by atoms with Crippen molar-refractivity contribution in [2.75, 3.05) is 7.05 Å². The van der Waals surface area contributed by atoms with Gasteiger partial charge in [-0.05, 0) is 33.0 Å². The standard InChI is InChI=1S/C12H17ClN4OS.ClH/c1-12(2,14)11-15-10(18-16-11)7-17(3)6-8-4-5-9(13)19-8;/h4-5H,6-7,14H2,1-3H3;1H. The molecule has 5 nitrogen and oxygen atoms in total. The van der Waals surface area contributed by atoms with Crippen LogP contribution >= 0.6 is 35.3 Å². The summed E-state index contributed by atoms with van der Waals surface area (Å²) >= 11 is 7.48. The summed E-state index contributed by atoms with van der Waals surface area (Å²) in [5.41, 5.74) is 5.33. The van der Waals surface area contributed by atoms with Crippen molar-refractivity contribution in [3.8, 4) is 0 Å². The van der Waals surface area contributed by atoms with Gasteiger partial charge in [-0.15, -0.1) is 23.7 Å². The number of aromatic nitrogens is 2. The predicted molar refractivity (Wildman–Crippen MR) is 83.3 cm³/mol. The first kappa shape index (κ1) is 17.4. The van der Waals surface area contributed by atoms with Crippen molar-refractivity contribution in [2.24, 2.45) is 5.73 Å². The zero-order valence-corrected chi connectivity index (χ0v) is 14.0. The highest BCUT2D eigenvalue weighted by molar-refractivity contribution is 7.16. The minimum absolute atomic E-state index is 0. The Labute approximate surface area is 133 Å². The second-order valence-corrected chi connectivity index (χ2v) is 6.91. The summed E-state index contributed by atoms with van der Waals surface area (Å²) < 4.78 is 6.00. The van der Waals surface area contributed by atoms with Crippen molar-refractivity contribution in [3.05, 3.63) is 33.1 Å². The van der Waals surface area contributed by atoms with E-state index in [1.54, 1.807) is 11.3 Å². The first-order chi connectivity index (χ1) is 8.84. The van der Waals surface area contributed by atoms with Crippen molar-refractivity contribution in [3.63, 3.8) is 0 Å². The van der Waals surface area contributed by atoms with Gasteiger partial charge >= 0.3 is 0 Å². The number of halogens is 2. The van der Waals surface area contributed by atoms with Gasteiger partial charge in [-0.25, -0.2) is 0 Å². The molecule has 0 aliphatic rings. The Morgan fingerprint density at radius 1 is 1.40 bits per heavy atom. The van der Waals surface area contributed by atoms with Crippen LogP contribution in [0.4, 0.5) is 0 Å². The maximum atomic E-state index is 5.92. The molecule has 2 aromatic rings. The van der Waals surface area contributed by atoms with Gasteiger partial charge in [-0.3, -0.25) is 4.90 Å². The number of rotatable bonds is 5. The lowest BCUT2D eigenvalue weighted by atomic mass is 10.1. The summed E-state index contributed by atoms with van der Waals surface area (Å²) in [4.78, 5) is 7.59. The molecule has 112 valence electrons. The largest absolute Gasteiger partial charge is 0.338 e. The molecule has 2 heterocycles. The lowest BCUT2D eigenvalue weighted by Crippen LogP contribution is -2.30. The quantitative estimate of drug-likeness (QED) is 0.908. The zero-order valence-electron chi connectivity index (χ0n) is 11.6. The Kier molecular flexibility index (Phi) is 5.97. The number of hydrogen-bond acceptors (Lipinski definition) is 6. The van der Waals surface area contributed by atoms with E-state index in [1.165, 1.54) is 4.88 Å².